The number of amides is 1. The summed E-state index contributed by atoms with van der Waals surface area (Å²) in [6.07, 6.45) is 2.24. The Labute approximate surface area is 178 Å². The van der Waals surface area contributed by atoms with Crippen molar-refractivity contribution in [3.63, 3.8) is 0 Å². The largest absolute Gasteiger partial charge is 0.383 e. The van der Waals surface area contributed by atoms with Crippen LogP contribution < -0.4 is 11.1 Å². The molecule has 30 heavy (non-hydrogen) atoms. The maximum absolute atomic E-state index is 12.9. The van der Waals surface area contributed by atoms with Crippen molar-refractivity contribution in [2.24, 2.45) is 0 Å². The number of aromatic amines is 1. The van der Waals surface area contributed by atoms with Gasteiger partial charge in [-0.1, -0.05) is 17.7 Å². The molecule has 1 aliphatic rings. The second-order valence-corrected chi connectivity index (χ2v) is 8.05. The molecule has 3 heterocycles. The highest BCUT2D eigenvalue weighted by Gasteiger charge is 2.31. The van der Waals surface area contributed by atoms with Gasteiger partial charge in [-0.2, -0.15) is 0 Å². The summed E-state index contributed by atoms with van der Waals surface area (Å²) in [7, 11) is 0. The van der Waals surface area contributed by atoms with Gasteiger partial charge in [0.15, 0.2) is 0 Å². The van der Waals surface area contributed by atoms with E-state index < -0.39 is 0 Å². The van der Waals surface area contributed by atoms with E-state index in [9.17, 15) is 4.79 Å². The van der Waals surface area contributed by atoms with Crippen molar-refractivity contribution in [1.29, 1.82) is 0 Å². The van der Waals surface area contributed by atoms with Gasteiger partial charge in [0.25, 0.3) is 0 Å². The number of nitrogens with zero attached hydrogens (tertiary/aromatic N) is 3. The Morgan fingerprint density at radius 1 is 1.20 bits per heavy atom. The quantitative estimate of drug-likeness (QED) is 0.460. The maximum atomic E-state index is 12.9. The molecule has 0 aliphatic carbocycles. The lowest BCUT2D eigenvalue weighted by molar-refractivity contribution is -0.129. The Morgan fingerprint density at radius 3 is 3.00 bits per heavy atom. The number of hydrogen-bond donors (Lipinski definition) is 3. The first-order valence-electron chi connectivity index (χ1n) is 9.85. The minimum Gasteiger partial charge on any atom is -0.383 e. The normalized spacial score (nSPS) is 16.8. The smallest absolute Gasteiger partial charge is 0.240 e. The Morgan fingerprint density at radius 2 is 2.10 bits per heavy atom. The van der Waals surface area contributed by atoms with Gasteiger partial charge in [0.05, 0.1) is 11.6 Å². The maximum Gasteiger partial charge on any atom is 0.240 e. The highest BCUT2D eigenvalue weighted by Crippen LogP contribution is 2.22. The molecule has 1 amide bonds. The van der Waals surface area contributed by atoms with Gasteiger partial charge in [-0.3, -0.25) is 4.79 Å². The van der Waals surface area contributed by atoms with E-state index in [1.807, 2.05) is 41.3 Å². The van der Waals surface area contributed by atoms with Crippen molar-refractivity contribution in [3.8, 4) is 0 Å². The van der Waals surface area contributed by atoms with Crippen LogP contribution in [0.5, 0.6) is 0 Å². The van der Waals surface area contributed by atoms with Crippen LogP contribution >= 0.6 is 11.6 Å². The first-order valence-corrected chi connectivity index (χ1v) is 10.2. The van der Waals surface area contributed by atoms with Crippen LogP contribution in [0.15, 0.2) is 48.8 Å². The molecule has 0 spiro atoms. The molecular weight excluding hydrogens is 400 g/mol. The van der Waals surface area contributed by atoms with Crippen LogP contribution in [0.25, 0.3) is 21.8 Å². The zero-order chi connectivity index (χ0) is 20.7. The number of aromatic nitrogens is 3. The summed E-state index contributed by atoms with van der Waals surface area (Å²) < 4.78 is 0. The predicted octanol–water partition coefficient (Wildman–Crippen LogP) is 3.24. The van der Waals surface area contributed by atoms with Crippen molar-refractivity contribution in [2.45, 2.75) is 25.6 Å². The fourth-order valence-corrected chi connectivity index (χ4v) is 4.20. The Bertz CT molecular complexity index is 1250. The van der Waals surface area contributed by atoms with Gasteiger partial charge in [-0.25, -0.2) is 9.97 Å². The van der Waals surface area contributed by atoms with Crippen molar-refractivity contribution in [2.75, 3.05) is 12.3 Å². The van der Waals surface area contributed by atoms with E-state index in [1.54, 1.807) is 0 Å². The van der Waals surface area contributed by atoms with Crippen LogP contribution in [0.3, 0.4) is 0 Å². The fourth-order valence-electron chi connectivity index (χ4n) is 4.02. The molecule has 1 fully saturated rings. The number of nitrogen functional groups attached to an aromatic ring is 1. The van der Waals surface area contributed by atoms with Crippen LogP contribution in [0.1, 0.15) is 17.7 Å². The highest BCUT2D eigenvalue weighted by atomic mass is 35.5. The van der Waals surface area contributed by atoms with Gasteiger partial charge in [0, 0.05) is 46.6 Å². The number of H-pyrrole nitrogens is 1. The molecule has 1 atom stereocenters. The first kappa shape index (κ1) is 18.8. The summed E-state index contributed by atoms with van der Waals surface area (Å²) >= 11 is 6.06. The minimum absolute atomic E-state index is 0.122. The number of benzene rings is 2. The molecule has 4 N–H and O–H groups in total. The van der Waals surface area contributed by atoms with E-state index in [2.05, 4.69) is 26.3 Å². The minimum atomic E-state index is -0.182. The number of anilines is 1. The number of fused-ring (bicyclic) bond motifs is 2. The Balaban J connectivity index is 1.23. The summed E-state index contributed by atoms with van der Waals surface area (Å²) in [5, 5.41) is 5.99. The highest BCUT2D eigenvalue weighted by molar-refractivity contribution is 6.31. The average molecular weight is 421 g/mol. The second kappa shape index (κ2) is 7.59. The lowest BCUT2D eigenvalue weighted by Gasteiger charge is -2.17. The standard InChI is InChI=1S/C22H21ClN6O/c23-15-2-4-18-14(8-15)9-16(28-18)10-25-19-5-6-29(22(19)30)11-13-1-3-17-20(7-13)26-12-27-21(17)24/h1-4,7-9,12,19,25,28H,5-6,10-11H2,(H2,24,26,27)/t19-/m1/s1. The molecule has 1 aliphatic heterocycles. The lowest BCUT2D eigenvalue weighted by atomic mass is 10.1. The molecule has 2 aromatic heterocycles. The van der Waals surface area contributed by atoms with Gasteiger partial charge < -0.3 is 20.9 Å². The monoisotopic (exact) mass is 420 g/mol. The van der Waals surface area contributed by atoms with Gasteiger partial charge in [-0.05, 0) is 48.4 Å². The van der Waals surface area contributed by atoms with Crippen molar-refractivity contribution >= 4 is 45.1 Å². The third-order valence-corrected chi connectivity index (χ3v) is 5.82. The third kappa shape index (κ3) is 3.58. The summed E-state index contributed by atoms with van der Waals surface area (Å²) in [5.74, 6) is 0.587. The second-order valence-electron chi connectivity index (χ2n) is 7.62. The number of likely N-dealkylation sites (tertiary alicyclic amines) is 1. The topological polar surface area (TPSA) is 99.9 Å². The molecule has 152 valence electrons. The van der Waals surface area contributed by atoms with Gasteiger partial charge >= 0.3 is 0 Å². The van der Waals surface area contributed by atoms with Gasteiger partial charge in [-0.15, -0.1) is 0 Å². The number of nitrogens with one attached hydrogen (secondary N) is 2. The van der Waals surface area contributed by atoms with Crippen LogP contribution in [0, 0.1) is 0 Å². The average Bonchev–Trinajstić information content (AvgIpc) is 3.29. The Hall–Kier alpha value is -3.16. The summed E-state index contributed by atoms with van der Waals surface area (Å²) in [4.78, 5) is 26.4. The number of hydrogen-bond acceptors (Lipinski definition) is 5. The van der Waals surface area contributed by atoms with Gasteiger partial charge in [0.2, 0.25) is 5.91 Å². The van der Waals surface area contributed by atoms with Crippen LogP contribution in [-0.4, -0.2) is 38.3 Å². The number of halogens is 1. The molecule has 5 rings (SSSR count). The summed E-state index contributed by atoms with van der Waals surface area (Å²) in [5.41, 5.74) is 9.78. The fraction of sp³-hybridized carbons (Fsp3) is 0.227. The molecule has 8 heteroatoms. The van der Waals surface area contributed by atoms with Crippen molar-refractivity contribution in [1.82, 2.24) is 25.2 Å². The SMILES string of the molecule is Nc1ncnc2cc(CN3CC[C@@H](NCc4cc5cc(Cl)ccc5[nH]4)C3=O)ccc12. The van der Waals surface area contributed by atoms with E-state index in [-0.39, 0.29) is 11.9 Å². The van der Waals surface area contributed by atoms with Crippen molar-refractivity contribution in [3.05, 3.63) is 65.1 Å². The van der Waals surface area contributed by atoms with Gasteiger partial charge in [0.1, 0.15) is 12.1 Å². The number of nitrogens with two attached hydrogens (primary N) is 1. The zero-order valence-electron chi connectivity index (χ0n) is 16.2. The summed E-state index contributed by atoms with van der Waals surface area (Å²) in [6, 6.07) is 13.5. The number of carbonyl (C=O) groups excluding carboxylic acids is 1. The Kier molecular flexibility index (Phi) is 4.77. The van der Waals surface area contributed by atoms with E-state index in [0.717, 1.165) is 46.0 Å². The molecule has 0 bridgehead atoms. The van der Waals surface area contributed by atoms with Crippen LogP contribution in [-0.2, 0) is 17.9 Å². The van der Waals surface area contributed by atoms with E-state index >= 15 is 0 Å². The zero-order valence-corrected chi connectivity index (χ0v) is 17.0. The predicted molar refractivity (Wildman–Crippen MR) is 118 cm³/mol. The molecule has 2 aromatic carbocycles. The molecule has 0 radical (unpaired) electrons. The van der Waals surface area contributed by atoms with E-state index in [4.69, 9.17) is 17.3 Å². The molecule has 1 saturated heterocycles. The van der Waals surface area contributed by atoms with E-state index in [1.165, 1.54) is 6.33 Å². The number of carbonyl (C=O) groups is 1. The molecule has 0 saturated carbocycles. The summed E-state index contributed by atoms with van der Waals surface area (Å²) in [6.45, 7) is 1.88. The molecule has 0 unspecified atom stereocenters. The molecule has 4 aromatic rings. The lowest BCUT2D eigenvalue weighted by Crippen LogP contribution is -2.37. The van der Waals surface area contributed by atoms with Crippen molar-refractivity contribution < 1.29 is 4.79 Å². The number of rotatable bonds is 5. The molecule has 7 nitrogen and oxygen atoms in total. The van der Waals surface area contributed by atoms with Crippen LogP contribution in [0.2, 0.25) is 5.02 Å². The van der Waals surface area contributed by atoms with E-state index in [0.29, 0.717) is 23.9 Å². The molecular formula is C22H21ClN6O. The third-order valence-electron chi connectivity index (χ3n) is 5.58. The first-order chi connectivity index (χ1) is 14.6. The van der Waals surface area contributed by atoms with Crippen LogP contribution in [0.4, 0.5) is 5.82 Å².